The van der Waals surface area contributed by atoms with E-state index >= 15 is 0 Å². The molecule has 0 N–H and O–H groups in total. The predicted molar refractivity (Wildman–Crippen MR) is 87.1 cm³/mol. The zero-order chi connectivity index (χ0) is 14.8. The summed E-state index contributed by atoms with van der Waals surface area (Å²) in [6.07, 6.45) is 18.1. The van der Waals surface area contributed by atoms with Crippen molar-refractivity contribution in [3.63, 3.8) is 0 Å². The van der Waals surface area contributed by atoms with Crippen molar-refractivity contribution in [1.82, 2.24) is 0 Å². The maximum atomic E-state index is 3.44. The Morgan fingerprint density at radius 1 is 1.04 bits per heavy atom. The molecule has 0 bridgehead atoms. The summed E-state index contributed by atoms with van der Waals surface area (Å²) in [5.41, 5.74) is 5.89. The van der Waals surface area contributed by atoms with Gasteiger partial charge in [-0.3, -0.25) is 12.2 Å². The van der Waals surface area contributed by atoms with E-state index in [9.17, 15) is 0 Å². The van der Waals surface area contributed by atoms with Gasteiger partial charge in [-0.2, -0.15) is 17.2 Å². The van der Waals surface area contributed by atoms with Gasteiger partial charge in [0.25, 0.3) is 0 Å². The first-order valence-electron chi connectivity index (χ1n) is 7.99. The molecule has 23 heavy (non-hydrogen) atoms. The molecule has 3 aliphatic rings. The summed E-state index contributed by atoms with van der Waals surface area (Å²) in [6.45, 7) is 10.9. The van der Waals surface area contributed by atoms with Crippen LogP contribution in [0, 0.1) is 23.5 Å². The summed E-state index contributed by atoms with van der Waals surface area (Å²) in [5.74, 6) is 0.874. The fourth-order valence-corrected chi connectivity index (χ4v) is 3.35. The number of hydrogen-bond donors (Lipinski definition) is 0. The Morgan fingerprint density at radius 2 is 1.61 bits per heavy atom. The predicted octanol–water partition coefficient (Wildman–Crippen LogP) is -0.0163. The van der Waals surface area contributed by atoms with Gasteiger partial charge in [0.05, 0.1) is 0 Å². The van der Waals surface area contributed by atoms with Crippen LogP contribution in [-0.2, 0) is 26.2 Å². The fraction of sp³-hybridized carbons (Fsp3) is 0.600. The summed E-state index contributed by atoms with van der Waals surface area (Å²) in [7, 11) is 0. The summed E-state index contributed by atoms with van der Waals surface area (Å²) >= 11 is 0. The molecular weight excluding hydrogens is 402 g/mol. The molecule has 0 aromatic carbocycles. The summed E-state index contributed by atoms with van der Waals surface area (Å²) < 4.78 is 0. The number of halogens is 2. The first-order chi connectivity index (χ1) is 9.42. The number of hydrogen-bond acceptors (Lipinski definition) is 0. The van der Waals surface area contributed by atoms with Crippen molar-refractivity contribution in [1.29, 1.82) is 0 Å². The van der Waals surface area contributed by atoms with Gasteiger partial charge in [0.2, 0.25) is 0 Å². The normalized spacial score (nSPS) is 21.4. The van der Waals surface area contributed by atoms with Crippen LogP contribution in [0.2, 0.25) is 0 Å². The Bertz CT molecular complexity index is 490. The van der Waals surface area contributed by atoms with Gasteiger partial charge in [-0.15, -0.1) is 13.3 Å². The van der Waals surface area contributed by atoms with E-state index in [1.54, 1.807) is 0 Å². The molecule has 3 aliphatic carbocycles. The molecule has 0 aliphatic heterocycles. The van der Waals surface area contributed by atoms with Crippen LogP contribution in [-0.4, -0.2) is 0 Å². The smallest absolute Gasteiger partial charge is 1.00 e. The van der Waals surface area contributed by atoms with Gasteiger partial charge in [0.1, 0.15) is 0 Å². The molecule has 1 saturated carbocycles. The van der Waals surface area contributed by atoms with E-state index in [4.69, 9.17) is 0 Å². The average molecular weight is 431 g/mol. The Balaban J connectivity index is 0. The zero-order valence-corrected chi connectivity index (χ0v) is 19.0. The van der Waals surface area contributed by atoms with Crippen molar-refractivity contribution in [2.45, 2.75) is 66.7 Å². The van der Waals surface area contributed by atoms with Gasteiger partial charge in [0.15, 0.2) is 0 Å². The first kappa shape index (κ1) is 25.7. The van der Waals surface area contributed by atoms with Crippen LogP contribution in [0.15, 0.2) is 34.4 Å². The Kier molecular flexibility index (Phi) is 12.4. The SMILES string of the molecule is CC1=[C-]C(C)(C)C(C)=C1C.[C-]1=C(C2CCCC2)C=CC1.[Cl-].[Cl-].[Zr+4]. The second-order valence-corrected chi connectivity index (χ2v) is 6.84. The Morgan fingerprint density at radius 3 is 1.91 bits per heavy atom. The van der Waals surface area contributed by atoms with Crippen molar-refractivity contribution < 1.29 is 51.0 Å². The van der Waals surface area contributed by atoms with E-state index in [2.05, 4.69) is 58.9 Å². The molecule has 0 aromatic rings. The molecule has 0 saturated heterocycles. The third kappa shape index (κ3) is 6.68. The molecule has 0 atom stereocenters. The quantitative estimate of drug-likeness (QED) is 0.513. The van der Waals surface area contributed by atoms with Crippen LogP contribution in [0.4, 0.5) is 0 Å². The summed E-state index contributed by atoms with van der Waals surface area (Å²) in [4.78, 5) is 0. The minimum absolute atomic E-state index is 0. The number of allylic oxidation sites excluding steroid dienone is 8. The standard InChI is InChI=1S/C10H13.C10H15.2ClH.Zr/c1-2-6-9(5-1)10-7-3-4-8-10;1-7-6-10(4,5)9(3)8(7)2;;;/h1,5,10H,2-4,7-8H2;1-5H3;2*1H;/q2*-1;;;+4/p-2. The van der Waals surface area contributed by atoms with E-state index < -0.39 is 0 Å². The van der Waals surface area contributed by atoms with Crippen molar-refractivity contribution in [3.05, 3.63) is 46.6 Å². The van der Waals surface area contributed by atoms with E-state index in [1.807, 2.05) is 0 Å². The Hall–Kier alpha value is 0.423. The molecule has 0 radical (unpaired) electrons. The summed E-state index contributed by atoms with van der Waals surface area (Å²) in [6, 6.07) is 0. The minimum atomic E-state index is 0. The van der Waals surface area contributed by atoms with E-state index in [1.165, 1.54) is 48.0 Å². The van der Waals surface area contributed by atoms with Gasteiger partial charge < -0.3 is 24.8 Å². The van der Waals surface area contributed by atoms with Crippen LogP contribution in [0.3, 0.4) is 0 Å². The van der Waals surface area contributed by atoms with Crippen molar-refractivity contribution in [2.24, 2.45) is 11.3 Å². The van der Waals surface area contributed by atoms with Crippen LogP contribution >= 0.6 is 0 Å². The van der Waals surface area contributed by atoms with Crippen LogP contribution in [0.1, 0.15) is 66.7 Å². The molecule has 0 unspecified atom stereocenters. The zero-order valence-electron chi connectivity index (χ0n) is 15.0. The first-order valence-corrected chi connectivity index (χ1v) is 7.99. The Labute approximate surface area is 174 Å². The summed E-state index contributed by atoms with van der Waals surface area (Å²) in [5, 5.41) is 0. The molecule has 0 aromatic heterocycles. The van der Waals surface area contributed by atoms with Gasteiger partial charge in [-0.05, 0) is 18.8 Å². The van der Waals surface area contributed by atoms with Crippen molar-refractivity contribution >= 4 is 0 Å². The minimum Gasteiger partial charge on any atom is -1.00 e. The second-order valence-electron chi connectivity index (χ2n) is 6.84. The van der Waals surface area contributed by atoms with Crippen molar-refractivity contribution in [3.8, 4) is 0 Å². The maximum Gasteiger partial charge on any atom is 4.00 e. The van der Waals surface area contributed by atoms with E-state index in [0.717, 1.165) is 12.3 Å². The molecule has 0 heterocycles. The molecule has 3 rings (SSSR count). The molecule has 3 heteroatoms. The van der Waals surface area contributed by atoms with Crippen LogP contribution in [0.25, 0.3) is 0 Å². The average Bonchev–Trinajstić information content (AvgIpc) is 3.10. The fourth-order valence-electron chi connectivity index (χ4n) is 3.35. The number of rotatable bonds is 1. The van der Waals surface area contributed by atoms with Crippen LogP contribution in [0.5, 0.6) is 0 Å². The van der Waals surface area contributed by atoms with Gasteiger partial charge >= 0.3 is 26.2 Å². The van der Waals surface area contributed by atoms with E-state index in [0.29, 0.717) is 0 Å². The molecular formula is C20H28Cl2Zr. The molecule has 0 spiro atoms. The van der Waals surface area contributed by atoms with Crippen LogP contribution < -0.4 is 24.8 Å². The second kappa shape index (κ2) is 11.1. The topological polar surface area (TPSA) is 0 Å². The molecule has 1 fully saturated rings. The molecule has 0 amide bonds. The van der Waals surface area contributed by atoms with Gasteiger partial charge in [-0.25, -0.2) is 17.2 Å². The third-order valence-corrected chi connectivity index (χ3v) is 5.08. The van der Waals surface area contributed by atoms with Gasteiger partial charge in [-0.1, -0.05) is 46.0 Å². The maximum absolute atomic E-state index is 3.44. The monoisotopic (exact) mass is 428 g/mol. The van der Waals surface area contributed by atoms with Crippen molar-refractivity contribution in [2.75, 3.05) is 0 Å². The molecule has 126 valence electrons. The third-order valence-electron chi connectivity index (χ3n) is 5.08. The van der Waals surface area contributed by atoms with E-state index in [-0.39, 0.29) is 56.4 Å². The van der Waals surface area contributed by atoms with Gasteiger partial charge in [0, 0.05) is 0 Å². The molecule has 0 nitrogen and oxygen atoms in total. The largest absolute Gasteiger partial charge is 4.00 e.